The van der Waals surface area contributed by atoms with Crippen LogP contribution < -0.4 is 5.73 Å². The van der Waals surface area contributed by atoms with Gasteiger partial charge in [-0.2, -0.15) is 11.1 Å². The molecule has 9 heavy (non-hydrogen) atoms. The molecular weight excluding hydrogens is 150 g/mol. The zero-order chi connectivity index (χ0) is 7.49. The molecule has 0 radical (unpaired) electrons. The van der Waals surface area contributed by atoms with Gasteiger partial charge in [-0.25, -0.2) is 0 Å². The highest BCUT2D eigenvalue weighted by Crippen LogP contribution is 2.14. The summed E-state index contributed by atoms with van der Waals surface area (Å²) in [5.41, 5.74) is 6.06. The van der Waals surface area contributed by atoms with Crippen LogP contribution in [0.25, 0.3) is 0 Å². The van der Waals surface area contributed by atoms with Crippen LogP contribution in [0.2, 0.25) is 13.1 Å². The van der Waals surface area contributed by atoms with Crippen LogP contribution in [0.4, 0.5) is 0 Å². The molecule has 0 fully saturated rings. The fraction of sp³-hybridized carbons (Fsp3) is 1.00. The molecule has 1 atom stereocenters. The quantitative estimate of drug-likeness (QED) is 0.503. The van der Waals surface area contributed by atoms with Crippen LogP contribution in [-0.4, -0.2) is 13.0 Å². The highest BCUT2D eigenvalue weighted by Gasteiger charge is 2.25. The lowest BCUT2D eigenvalue weighted by atomic mass is 10.3. The standard InChI is InChI=1S/C6H16ClNSi/c1-4-5-6(8)9(2,3)7/h6H,4-5,8H2,1-3H3. The molecule has 1 unspecified atom stereocenters. The largest absolute Gasteiger partial charge is 0.329 e. The fourth-order valence-electron chi connectivity index (χ4n) is 0.654. The molecule has 0 aliphatic rings. The topological polar surface area (TPSA) is 26.0 Å². The van der Waals surface area contributed by atoms with Gasteiger partial charge in [-0.1, -0.05) is 26.4 Å². The lowest BCUT2D eigenvalue weighted by molar-refractivity contribution is 0.739. The number of hydrogen-bond acceptors (Lipinski definition) is 1. The summed E-state index contributed by atoms with van der Waals surface area (Å²) in [6.07, 6.45) is 2.22. The van der Waals surface area contributed by atoms with Gasteiger partial charge in [0.15, 0.2) is 7.38 Å². The average Bonchev–Trinajstić information content (AvgIpc) is 1.64. The van der Waals surface area contributed by atoms with E-state index in [9.17, 15) is 0 Å². The van der Waals surface area contributed by atoms with Crippen LogP contribution in [0.5, 0.6) is 0 Å². The summed E-state index contributed by atoms with van der Waals surface area (Å²) in [6.45, 7) is 6.32. The molecule has 0 rings (SSSR count). The molecule has 0 aromatic rings. The van der Waals surface area contributed by atoms with Crippen LogP contribution in [0.1, 0.15) is 19.8 Å². The smallest absolute Gasteiger partial charge is 0.166 e. The van der Waals surface area contributed by atoms with Crippen molar-refractivity contribution in [3.05, 3.63) is 0 Å². The molecule has 0 saturated heterocycles. The van der Waals surface area contributed by atoms with Crippen molar-refractivity contribution in [3.63, 3.8) is 0 Å². The van der Waals surface area contributed by atoms with Crippen molar-refractivity contribution in [2.24, 2.45) is 5.73 Å². The molecule has 0 saturated carbocycles. The number of nitrogens with two attached hydrogens (primary N) is 1. The monoisotopic (exact) mass is 165 g/mol. The third kappa shape index (κ3) is 3.95. The fourth-order valence-corrected chi connectivity index (χ4v) is 1.96. The minimum absolute atomic E-state index is 0.268. The van der Waals surface area contributed by atoms with Crippen molar-refractivity contribution in [3.8, 4) is 0 Å². The van der Waals surface area contributed by atoms with Crippen molar-refractivity contribution in [1.82, 2.24) is 0 Å². The third-order valence-electron chi connectivity index (χ3n) is 1.48. The van der Waals surface area contributed by atoms with Gasteiger partial charge in [0.05, 0.1) is 0 Å². The molecule has 0 heterocycles. The summed E-state index contributed by atoms with van der Waals surface area (Å²) in [7, 11) is -1.53. The lowest BCUT2D eigenvalue weighted by Crippen LogP contribution is -2.42. The highest BCUT2D eigenvalue weighted by molar-refractivity contribution is 7.19. The van der Waals surface area contributed by atoms with Crippen LogP contribution in [0.15, 0.2) is 0 Å². The summed E-state index contributed by atoms with van der Waals surface area (Å²) in [5, 5.41) is 0. The van der Waals surface area contributed by atoms with Crippen molar-refractivity contribution in [1.29, 1.82) is 0 Å². The van der Waals surface area contributed by atoms with Gasteiger partial charge in [0, 0.05) is 5.67 Å². The van der Waals surface area contributed by atoms with E-state index in [1.165, 1.54) is 0 Å². The first-order valence-corrected chi connectivity index (χ1v) is 7.52. The summed E-state index contributed by atoms with van der Waals surface area (Å²) in [6, 6.07) is 0. The maximum atomic E-state index is 6.08. The van der Waals surface area contributed by atoms with Crippen molar-refractivity contribution in [2.75, 3.05) is 0 Å². The second-order valence-electron chi connectivity index (χ2n) is 2.96. The molecule has 1 nitrogen and oxygen atoms in total. The average molecular weight is 166 g/mol. The predicted molar refractivity (Wildman–Crippen MR) is 46.2 cm³/mol. The highest BCUT2D eigenvalue weighted by atomic mass is 35.6. The van der Waals surface area contributed by atoms with Crippen molar-refractivity contribution >= 4 is 18.5 Å². The van der Waals surface area contributed by atoms with Crippen LogP contribution in [0, 0.1) is 0 Å². The third-order valence-corrected chi connectivity index (χ3v) is 4.37. The second-order valence-corrected chi connectivity index (χ2v) is 9.75. The summed E-state index contributed by atoms with van der Waals surface area (Å²) in [5.74, 6) is 0. The lowest BCUT2D eigenvalue weighted by Gasteiger charge is -2.20. The Labute approximate surface area is 63.3 Å². The first-order chi connectivity index (χ1) is 3.98. The first-order valence-electron chi connectivity index (χ1n) is 3.43. The molecule has 2 N–H and O–H groups in total. The van der Waals surface area contributed by atoms with E-state index in [0.717, 1.165) is 12.8 Å². The molecular formula is C6H16ClNSi. The van der Waals surface area contributed by atoms with E-state index in [0.29, 0.717) is 0 Å². The SMILES string of the molecule is CCCC(N)[Si](C)(C)Cl. The van der Waals surface area contributed by atoms with Crippen molar-refractivity contribution in [2.45, 2.75) is 38.5 Å². The minimum atomic E-state index is -1.53. The molecule has 0 aliphatic carbocycles. The van der Waals surface area contributed by atoms with E-state index in [1.54, 1.807) is 0 Å². The summed E-state index contributed by atoms with van der Waals surface area (Å²) in [4.78, 5) is 0. The Balaban J connectivity index is 3.59. The van der Waals surface area contributed by atoms with Gasteiger partial charge in [-0.3, -0.25) is 0 Å². The Bertz CT molecular complexity index is 79.6. The van der Waals surface area contributed by atoms with Gasteiger partial charge in [0.1, 0.15) is 0 Å². The van der Waals surface area contributed by atoms with E-state index >= 15 is 0 Å². The minimum Gasteiger partial charge on any atom is -0.329 e. The number of halogens is 1. The Morgan fingerprint density at radius 2 is 2.00 bits per heavy atom. The molecule has 0 bridgehead atoms. The Kier molecular flexibility index (Phi) is 3.78. The van der Waals surface area contributed by atoms with Gasteiger partial charge in [-0.15, -0.1) is 0 Å². The maximum absolute atomic E-state index is 6.08. The molecule has 0 aromatic heterocycles. The molecule has 0 aromatic carbocycles. The van der Waals surface area contributed by atoms with E-state index in [2.05, 4.69) is 20.0 Å². The Hall–Kier alpha value is 0.467. The van der Waals surface area contributed by atoms with E-state index in [1.807, 2.05) is 0 Å². The van der Waals surface area contributed by atoms with Crippen LogP contribution in [0.3, 0.4) is 0 Å². The van der Waals surface area contributed by atoms with E-state index in [-0.39, 0.29) is 5.67 Å². The van der Waals surface area contributed by atoms with Gasteiger partial charge in [-0.05, 0) is 6.42 Å². The van der Waals surface area contributed by atoms with Gasteiger partial charge in [0.25, 0.3) is 0 Å². The second kappa shape index (κ2) is 3.59. The zero-order valence-electron chi connectivity index (χ0n) is 6.45. The van der Waals surface area contributed by atoms with E-state index < -0.39 is 7.38 Å². The Morgan fingerprint density at radius 3 is 2.11 bits per heavy atom. The van der Waals surface area contributed by atoms with Gasteiger partial charge in [0.2, 0.25) is 0 Å². The molecule has 0 aliphatic heterocycles. The van der Waals surface area contributed by atoms with E-state index in [4.69, 9.17) is 16.8 Å². The predicted octanol–water partition coefficient (Wildman–Crippen LogP) is 2.10. The van der Waals surface area contributed by atoms with Crippen molar-refractivity contribution < 1.29 is 0 Å². The van der Waals surface area contributed by atoms with Gasteiger partial charge < -0.3 is 5.73 Å². The maximum Gasteiger partial charge on any atom is 0.166 e. The van der Waals surface area contributed by atoms with Crippen LogP contribution in [-0.2, 0) is 0 Å². The Morgan fingerprint density at radius 1 is 1.56 bits per heavy atom. The summed E-state index contributed by atoms with van der Waals surface area (Å²) >= 11 is 6.08. The molecule has 0 amide bonds. The first kappa shape index (κ1) is 9.47. The zero-order valence-corrected chi connectivity index (χ0v) is 8.20. The molecule has 56 valence electrons. The van der Waals surface area contributed by atoms with Gasteiger partial charge >= 0.3 is 0 Å². The van der Waals surface area contributed by atoms with Crippen LogP contribution >= 0.6 is 11.1 Å². The molecule has 0 spiro atoms. The molecule has 3 heteroatoms. The number of hydrogen-bond donors (Lipinski definition) is 1. The summed E-state index contributed by atoms with van der Waals surface area (Å²) < 4.78 is 0. The number of rotatable bonds is 3. The normalized spacial score (nSPS) is 15.7.